The Bertz CT molecular complexity index is 950. The van der Waals surface area contributed by atoms with E-state index in [1.165, 1.54) is 11.3 Å². The van der Waals surface area contributed by atoms with E-state index in [0.717, 1.165) is 34.4 Å². The second-order valence-electron chi connectivity index (χ2n) is 6.30. The molecule has 0 atom stereocenters. The number of thiazole rings is 1. The summed E-state index contributed by atoms with van der Waals surface area (Å²) in [6.45, 7) is 2.89. The van der Waals surface area contributed by atoms with Crippen LogP contribution in [0.5, 0.6) is 0 Å². The van der Waals surface area contributed by atoms with Gasteiger partial charge in [0.1, 0.15) is 10.7 Å². The van der Waals surface area contributed by atoms with Crippen molar-refractivity contribution in [1.29, 1.82) is 0 Å². The monoisotopic (exact) mass is 417 g/mol. The number of aromatic nitrogens is 1. The molecule has 1 aromatic heterocycles. The highest BCUT2D eigenvalue weighted by Gasteiger charge is 2.24. The summed E-state index contributed by atoms with van der Waals surface area (Å²) in [5, 5.41) is 4.07. The number of amides is 1. The lowest BCUT2D eigenvalue weighted by atomic mass is 10.2. The minimum absolute atomic E-state index is 0.0165. The molecule has 2 aromatic carbocycles. The van der Waals surface area contributed by atoms with Crippen molar-refractivity contribution in [1.82, 2.24) is 9.88 Å². The van der Waals surface area contributed by atoms with Gasteiger partial charge in [0.25, 0.3) is 5.91 Å². The van der Waals surface area contributed by atoms with Crippen LogP contribution in [-0.4, -0.2) is 42.0 Å². The van der Waals surface area contributed by atoms with Gasteiger partial charge >= 0.3 is 0 Å². The van der Waals surface area contributed by atoms with Crippen LogP contribution in [0.3, 0.4) is 0 Å². The quantitative estimate of drug-likeness (QED) is 0.595. The van der Waals surface area contributed by atoms with Crippen LogP contribution < -0.4 is 4.90 Å². The third-order valence-corrected chi connectivity index (χ3v) is 5.93. The summed E-state index contributed by atoms with van der Waals surface area (Å²) in [6, 6.07) is 15.3. The number of nitrogens with zero attached hydrogens (tertiary/aromatic N) is 3. The molecule has 1 saturated heterocycles. The summed E-state index contributed by atoms with van der Waals surface area (Å²) in [4.78, 5) is 21.4. The van der Waals surface area contributed by atoms with Crippen molar-refractivity contribution in [3.05, 3.63) is 69.7 Å². The van der Waals surface area contributed by atoms with E-state index in [4.69, 9.17) is 23.2 Å². The van der Waals surface area contributed by atoms with Crippen LogP contribution in [0.15, 0.2) is 53.9 Å². The van der Waals surface area contributed by atoms with Crippen LogP contribution in [0.4, 0.5) is 5.69 Å². The topological polar surface area (TPSA) is 36.4 Å². The zero-order valence-corrected chi connectivity index (χ0v) is 16.8. The van der Waals surface area contributed by atoms with Crippen molar-refractivity contribution in [2.45, 2.75) is 0 Å². The Balaban J connectivity index is 1.42. The lowest BCUT2D eigenvalue weighted by Crippen LogP contribution is -2.48. The van der Waals surface area contributed by atoms with E-state index in [-0.39, 0.29) is 5.91 Å². The molecule has 1 aliphatic rings. The van der Waals surface area contributed by atoms with Crippen LogP contribution >= 0.6 is 34.5 Å². The molecule has 4 rings (SSSR count). The van der Waals surface area contributed by atoms with E-state index in [0.29, 0.717) is 23.8 Å². The molecule has 7 heteroatoms. The third-order valence-electron chi connectivity index (χ3n) is 4.55. The molecule has 27 heavy (non-hydrogen) atoms. The Hall–Kier alpha value is -2.08. The lowest BCUT2D eigenvalue weighted by Gasteiger charge is -2.35. The molecule has 3 aromatic rings. The second-order valence-corrected chi connectivity index (χ2v) is 8.03. The van der Waals surface area contributed by atoms with Gasteiger partial charge in [-0.15, -0.1) is 11.3 Å². The minimum atomic E-state index is -0.0165. The smallest absolute Gasteiger partial charge is 0.273 e. The molecule has 0 radical (unpaired) electrons. The predicted molar refractivity (Wildman–Crippen MR) is 112 cm³/mol. The molecule has 2 heterocycles. The molecule has 1 fully saturated rings. The summed E-state index contributed by atoms with van der Waals surface area (Å²) >= 11 is 13.5. The normalized spacial score (nSPS) is 14.4. The number of anilines is 1. The molecule has 4 nitrogen and oxygen atoms in total. The Morgan fingerprint density at radius 2 is 1.70 bits per heavy atom. The number of piperazine rings is 1. The zero-order chi connectivity index (χ0) is 18.8. The molecular formula is C20H17Cl2N3OS. The van der Waals surface area contributed by atoms with Gasteiger partial charge in [0, 0.05) is 52.9 Å². The lowest BCUT2D eigenvalue weighted by molar-refractivity contribution is 0.0742. The molecular weight excluding hydrogens is 401 g/mol. The number of hydrogen-bond donors (Lipinski definition) is 0. The van der Waals surface area contributed by atoms with Crippen molar-refractivity contribution < 1.29 is 4.79 Å². The van der Waals surface area contributed by atoms with Crippen molar-refractivity contribution in [3.63, 3.8) is 0 Å². The fourth-order valence-corrected chi connectivity index (χ4v) is 4.21. The number of hydrogen-bond acceptors (Lipinski definition) is 4. The van der Waals surface area contributed by atoms with Crippen molar-refractivity contribution in [2.24, 2.45) is 0 Å². The molecule has 0 aliphatic carbocycles. The number of carbonyl (C=O) groups is 1. The van der Waals surface area contributed by atoms with E-state index in [2.05, 4.69) is 9.88 Å². The maximum atomic E-state index is 12.8. The van der Waals surface area contributed by atoms with Crippen LogP contribution in [0, 0.1) is 0 Å². The first kappa shape index (κ1) is 18.3. The van der Waals surface area contributed by atoms with Crippen molar-refractivity contribution in [3.8, 4) is 10.6 Å². The zero-order valence-electron chi connectivity index (χ0n) is 14.4. The predicted octanol–water partition coefficient (Wildman–Crippen LogP) is 5.08. The fourth-order valence-electron chi connectivity index (χ4n) is 3.10. The van der Waals surface area contributed by atoms with E-state index < -0.39 is 0 Å². The van der Waals surface area contributed by atoms with Crippen molar-refractivity contribution in [2.75, 3.05) is 31.1 Å². The molecule has 1 amide bonds. The van der Waals surface area contributed by atoms with Gasteiger partial charge in [0.15, 0.2) is 0 Å². The summed E-state index contributed by atoms with van der Waals surface area (Å²) < 4.78 is 0. The van der Waals surface area contributed by atoms with Gasteiger partial charge in [-0.1, -0.05) is 41.4 Å². The molecule has 0 spiro atoms. The number of benzene rings is 2. The fraction of sp³-hybridized carbons (Fsp3) is 0.200. The summed E-state index contributed by atoms with van der Waals surface area (Å²) in [7, 11) is 0. The molecule has 0 N–H and O–H groups in total. The summed E-state index contributed by atoms with van der Waals surface area (Å²) in [5.74, 6) is -0.0165. The van der Waals surface area contributed by atoms with Gasteiger partial charge < -0.3 is 9.80 Å². The average molecular weight is 418 g/mol. The number of rotatable bonds is 3. The van der Waals surface area contributed by atoms with E-state index >= 15 is 0 Å². The van der Waals surface area contributed by atoms with E-state index in [9.17, 15) is 4.79 Å². The Morgan fingerprint density at radius 1 is 0.963 bits per heavy atom. The second kappa shape index (κ2) is 7.89. The van der Waals surface area contributed by atoms with Crippen LogP contribution in [0.1, 0.15) is 10.5 Å². The van der Waals surface area contributed by atoms with E-state index in [1.54, 1.807) is 0 Å². The number of carbonyl (C=O) groups excluding carboxylic acids is 1. The van der Waals surface area contributed by atoms with Crippen molar-refractivity contribution >= 4 is 46.1 Å². The van der Waals surface area contributed by atoms with Gasteiger partial charge in [-0.3, -0.25) is 4.79 Å². The molecule has 0 saturated carbocycles. The first-order valence-electron chi connectivity index (χ1n) is 8.61. The van der Waals surface area contributed by atoms with Crippen LogP contribution in [0.2, 0.25) is 10.0 Å². The highest BCUT2D eigenvalue weighted by molar-refractivity contribution is 7.13. The van der Waals surface area contributed by atoms with Crippen LogP contribution in [-0.2, 0) is 0 Å². The van der Waals surface area contributed by atoms with Gasteiger partial charge in [-0.05, 0) is 30.3 Å². The molecule has 0 bridgehead atoms. The van der Waals surface area contributed by atoms with Gasteiger partial charge in [-0.25, -0.2) is 4.98 Å². The maximum absolute atomic E-state index is 12.8. The first-order valence-corrected chi connectivity index (χ1v) is 10.2. The Morgan fingerprint density at radius 3 is 2.41 bits per heavy atom. The average Bonchev–Trinajstić information content (AvgIpc) is 3.18. The molecule has 0 unspecified atom stereocenters. The third kappa shape index (κ3) is 4.10. The van der Waals surface area contributed by atoms with Gasteiger partial charge in [-0.2, -0.15) is 0 Å². The largest absolute Gasteiger partial charge is 0.368 e. The highest BCUT2D eigenvalue weighted by atomic mass is 35.5. The number of halogens is 2. The van der Waals surface area contributed by atoms with E-state index in [1.807, 2.05) is 58.8 Å². The Labute approximate surface area is 172 Å². The molecule has 1 aliphatic heterocycles. The first-order chi connectivity index (χ1) is 13.1. The summed E-state index contributed by atoms with van der Waals surface area (Å²) in [5.41, 5.74) is 2.56. The minimum Gasteiger partial charge on any atom is -0.368 e. The van der Waals surface area contributed by atoms with Crippen LogP contribution in [0.25, 0.3) is 10.6 Å². The standard InChI is InChI=1S/C20H17Cl2N3OS/c21-15-6-4-14(5-7-15)19-23-18(13-27-19)20(26)25-10-8-24(9-11-25)17-3-1-2-16(22)12-17/h1-7,12-13H,8-11H2. The molecule has 138 valence electrons. The SMILES string of the molecule is O=C(c1csc(-c2ccc(Cl)cc2)n1)N1CCN(c2cccc(Cl)c2)CC1. The maximum Gasteiger partial charge on any atom is 0.273 e. The summed E-state index contributed by atoms with van der Waals surface area (Å²) in [6.07, 6.45) is 0. The Kier molecular flexibility index (Phi) is 5.34. The van der Waals surface area contributed by atoms with Gasteiger partial charge in [0.2, 0.25) is 0 Å². The highest BCUT2D eigenvalue weighted by Crippen LogP contribution is 2.26. The van der Waals surface area contributed by atoms with Gasteiger partial charge in [0.05, 0.1) is 0 Å².